The molecule has 0 radical (unpaired) electrons. The maximum atomic E-state index is 11.4. The Morgan fingerprint density at radius 1 is 1.63 bits per heavy atom. The molecule has 0 bridgehead atoms. The zero-order valence-corrected chi connectivity index (χ0v) is 11.2. The van der Waals surface area contributed by atoms with Crippen molar-refractivity contribution in [2.24, 2.45) is 7.05 Å². The van der Waals surface area contributed by atoms with Gasteiger partial charge < -0.3 is 15.2 Å². The highest BCUT2D eigenvalue weighted by Gasteiger charge is 2.32. The van der Waals surface area contributed by atoms with Crippen molar-refractivity contribution in [3.8, 4) is 0 Å². The molecule has 7 nitrogen and oxygen atoms in total. The van der Waals surface area contributed by atoms with E-state index in [0.29, 0.717) is 13.1 Å². The predicted molar refractivity (Wildman–Crippen MR) is 68.3 cm³/mol. The van der Waals surface area contributed by atoms with E-state index in [9.17, 15) is 9.90 Å². The van der Waals surface area contributed by atoms with Crippen LogP contribution in [-0.4, -0.2) is 64.6 Å². The highest BCUT2D eigenvalue weighted by Crippen LogP contribution is 2.13. The van der Waals surface area contributed by atoms with Crippen molar-refractivity contribution in [2.45, 2.75) is 18.7 Å². The monoisotopic (exact) mass is 268 g/mol. The van der Waals surface area contributed by atoms with Crippen molar-refractivity contribution < 1.29 is 14.6 Å². The Labute approximate surface area is 112 Å². The topological polar surface area (TPSA) is 79.6 Å². The summed E-state index contributed by atoms with van der Waals surface area (Å²) in [7, 11) is 3.34. The van der Waals surface area contributed by atoms with Crippen molar-refractivity contribution >= 4 is 5.91 Å². The third kappa shape index (κ3) is 3.76. The standard InChI is InChI=1S/C12H20N4O3/c1-15-4-9(3-13-15)5-16-6-10(11(17)7-16)14-12(18)8-19-2/h3-4,10-11,17H,5-8H2,1-2H3,(H,14,18)/t10-,11-/m1/s1. The number of β-amino-alcohol motifs (C(OH)–C–C–N with tert-alkyl or cyclic N) is 1. The number of nitrogens with one attached hydrogen (secondary N) is 1. The first-order chi connectivity index (χ1) is 9.08. The smallest absolute Gasteiger partial charge is 0.246 e. The van der Waals surface area contributed by atoms with Gasteiger partial charge in [0.25, 0.3) is 0 Å². The first-order valence-electron chi connectivity index (χ1n) is 6.24. The van der Waals surface area contributed by atoms with E-state index in [2.05, 4.69) is 15.3 Å². The number of nitrogens with zero attached hydrogens (tertiary/aromatic N) is 3. The fourth-order valence-corrected chi connectivity index (χ4v) is 2.33. The van der Waals surface area contributed by atoms with Crippen LogP contribution in [0.1, 0.15) is 5.56 Å². The highest BCUT2D eigenvalue weighted by molar-refractivity contribution is 5.77. The lowest BCUT2D eigenvalue weighted by Gasteiger charge is -2.16. The normalized spacial score (nSPS) is 23.7. The number of hydrogen-bond donors (Lipinski definition) is 2. The number of rotatable bonds is 5. The molecule has 2 rings (SSSR count). The number of aryl methyl sites for hydroxylation is 1. The quantitative estimate of drug-likeness (QED) is 0.696. The van der Waals surface area contributed by atoms with Crippen molar-refractivity contribution in [1.82, 2.24) is 20.0 Å². The zero-order chi connectivity index (χ0) is 13.8. The molecule has 106 valence electrons. The van der Waals surface area contributed by atoms with E-state index in [-0.39, 0.29) is 18.6 Å². The Morgan fingerprint density at radius 3 is 3.05 bits per heavy atom. The zero-order valence-electron chi connectivity index (χ0n) is 11.2. The second-order valence-electron chi connectivity index (χ2n) is 4.89. The summed E-state index contributed by atoms with van der Waals surface area (Å²) in [4.78, 5) is 13.5. The maximum absolute atomic E-state index is 11.4. The first kappa shape index (κ1) is 14.0. The first-order valence-corrected chi connectivity index (χ1v) is 6.24. The van der Waals surface area contributed by atoms with Gasteiger partial charge >= 0.3 is 0 Å². The Hall–Kier alpha value is -1.44. The highest BCUT2D eigenvalue weighted by atomic mass is 16.5. The molecule has 0 aliphatic carbocycles. The van der Waals surface area contributed by atoms with Crippen LogP contribution in [0.15, 0.2) is 12.4 Å². The van der Waals surface area contributed by atoms with Gasteiger partial charge in [0, 0.05) is 45.6 Å². The fraction of sp³-hybridized carbons (Fsp3) is 0.667. The van der Waals surface area contributed by atoms with Gasteiger partial charge in [0.1, 0.15) is 6.61 Å². The van der Waals surface area contributed by atoms with Gasteiger partial charge in [-0.25, -0.2) is 0 Å². The van der Waals surface area contributed by atoms with E-state index in [4.69, 9.17) is 4.74 Å². The molecule has 2 N–H and O–H groups in total. The van der Waals surface area contributed by atoms with Crippen LogP contribution in [0.25, 0.3) is 0 Å². The lowest BCUT2D eigenvalue weighted by Crippen LogP contribution is -2.44. The van der Waals surface area contributed by atoms with Crippen LogP contribution in [0.2, 0.25) is 0 Å². The van der Waals surface area contributed by atoms with Crippen molar-refractivity contribution in [3.05, 3.63) is 18.0 Å². The average Bonchev–Trinajstić information content (AvgIpc) is 2.87. The molecule has 0 saturated carbocycles. The summed E-state index contributed by atoms with van der Waals surface area (Å²) < 4.78 is 6.51. The fourth-order valence-electron chi connectivity index (χ4n) is 2.33. The number of hydrogen-bond acceptors (Lipinski definition) is 5. The molecule has 0 unspecified atom stereocenters. The summed E-state index contributed by atoms with van der Waals surface area (Å²) in [6.07, 6.45) is 3.21. The van der Waals surface area contributed by atoms with Gasteiger partial charge in [0.15, 0.2) is 0 Å². The Morgan fingerprint density at radius 2 is 2.42 bits per heavy atom. The Bertz CT molecular complexity index is 434. The minimum atomic E-state index is -0.544. The van der Waals surface area contributed by atoms with Gasteiger partial charge in [-0.05, 0) is 0 Å². The molecule has 1 aromatic heterocycles. The number of aliphatic hydroxyl groups excluding tert-OH is 1. The van der Waals surface area contributed by atoms with Crippen LogP contribution < -0.4 is 5.32 Å². The van der Waals surface area contributed by atoms with Gasteiger partial charge in [-0.3, -0.25) is 14.4 Å². The van der Waals surface area contributed by atoms with Crippen LogP contribution in [-0.2, 0) is 23.1 Å². The molecular formula is C12H20N4O3. The lowest BCUT2D eigenvalue weighted by atomic mass is 10.2. The van der Waals surface area contributed by atoms with Crippen molar-refractivity contribution in [2.75, 3.05) is 26.8 Å². The number of carbonyl (C=O) groups is 1. The molecule has 2 heterocycles. The van der Waals surface area contributed by atoms with Gasteiger partial charge in [0.05, 0.1) is 18.3 Å². The van der Waals surface area contributed by atoms with Gasteiger partial charge in [-0.1, -0.05) is 0 Å². The molecule has 19 heavy (non-hydrogen) atoms. The van der Waals surface area contributed by atoms with Crippen molar-refractivity contribution in [1.29, 1.82) is 0 Å². The SMILES string of the molecule is COCC(=O)N[C@@H]1CN(Cc2cnn(C)c2)C[C@H]1O. The third-order valence-electron chi connectivity index (χ3n) is 3.15. The molecule has 1 aliphatic heterocycles. The molecule has 2 atom stereocenters. The molecule has 1 fully saturated rings. The summed E-state index contributed by atoms with van der Waals surface area (Å²) in [6.45, 7) is 1.92. The average molecular weight is 268 g/mol. The molecule has 0 spiro atoms. The van der Waals surface area contributed by atoms with Crippen molar-refractivity contribution in [3.63, 3.8) is 0 Å². The summed E-state index contributed by atoms with van der Waals surface area (Å²) >= 11 is 0. The summed E-state index contributed by atoms with van der Waals surface area (Å²) in [6, 6.07) is -0.237. The minimum absolute atomic E-state index is 0.0197. The number of aromatic nitrogens is 2. The number of aliphatic hydroxyl groups is 1. The number of carbonyl (C=O) groups excluding carboxylic acids is 1. The van der Waals surface area contributed by atoms with Gasteiger partial charge in [-0.2, -0.15) is 5.10 Å². The van der Waals surface area contributed by atoms with E-state index >= 15 is 0 Å². The second-order valence-corrected chi connectivity index (χ2v) is 4.89. The second kappa shape index (κ2) is 6.14. The number of amides is 1. The van der Waals surface area contributed by atoms with Crippen LogP contribution in [0.3, 0.4) is 0 Å². The summed E-state index contributed by atoms with van der Waals surface area (Å²) in [5.74, 6) is -0.199. The van der Waals surface area contributed by atoms with Crippen LogP contribution in [0.5, 0.6) is 0 Å². The van der Waals surface area contributed by atoms with E-state index in [1.165, 1.54) is 7.11 Å². The Balaban J connectivity index is 1.84. The molecule has 1 aromatic rings. The van der Waals surface area contributed by atoms with Crippen LogP contribution in [0.4, 0.5) is 0 Å². The molecule has 0 aromatic carbocycles. The maximum Gasteiger partial charge on any atom is 0.246 e. The Kier molecular flexibility index (Phi) is 4.52. The van der Waals surface area contributed by atoms with Crippen LogP contribution >= 0.6 is 0 Å². The molecular weight excluding hydrogens is 248 g/mol. The van der Waals surface area contributed by atoms with E-state index < -0.39 is 6.10 Å². The molecule has 1 aliphatic rings. The van der Waals surface area contributed by atoms with Gasteiger partial charge in [-0.15, -0.1) is 0 Å². The molecule has 1 amide bonds. The lowest BCUT2D eigenvalue weighted by molar-refractivity contribution is -0.125. The number of methoxy groups -OCH3 is 1. The predicted octanol–water partition coefficient (Wildman–Crippen LogP) is -1.27. The molecule has 1 saturated heterocycles. The number of likely N-dealkylation sites (tertiary alicyclic amines) is 1. The van der Waals surface area contributed by atoms with Crippen LogP contribution in [0, 0.1) is 0 Å². The van der Waals surface area contributed by atoms with E-state index in [1.54, 1.807) is 4.68 Å². The van der Waals surface area contributed by atoms with E-state index in [0.717, 1.165) is 12.1 Å². The van der Waals surface area contributed by atoms with E-state index in [1.807, 2.05) is 19.4 Å². The largest absolute Gasteiger partial charge is 0.390 e. The third-order valence-corrected chi connectivity index (χ3v) is 3.15. The van der Waals surface area contributed by atoms with Gasteiger partial charge in [0.2, 0.25) is 5.91 Å². The summed E-state index contributed by atoms with van der Waals surface area (Å²) in [5.41, 5.74) is 1.10. The minimum Gasteiger partial charge on any atom is -0.390 e. The summed E-state index contributed by atoms with van der Waals surface area (Å²) in [5, 5.41) is 16.8. The molecule has 7 heteroatoms. The number of ether oxygens (including phenoxy) is 1.